The Kier molecular flexibility index (Phi) is 3.25. The molecule has 0 spiro atoms. The van der Waals surface area contributed by atoms with E-state index in [1.54, 1.807) is 20.0 Å². The van der Waals surface area contributed by atoms with E-state index in [0.29, 0.717) is 23.4 Å². The number of thiophene rings is 1. The molecule has 0 saturated carbocycles. The fourth-order valence-electron chi connectivity index (χ4n) is 3.27. The average molecular weight is 345 g/mol. The zero-order valence-electron chi connectivity index (χ0n) is 13.8. The molecule has 1 aliphatic heterocycles. The Morgan fingerprint density at radius 2 is 2.25 bits per heavy atom. The molecule has 126 valence electrons. The summed E-state index contributed by atoms with van der Waals surface area (Å²) in [6.07, 6.45) is 4.26. The van der Waals surface area contributed by atoms with Gasteiger partial charge in [-0.1, -0.05) is 0 Å². The molecule has 3 aromatic rings. The van der Waals surface area contributed by atoms with Crippen LogP contribution in [0.5, 0.6) is 0 Å². The highest BCUT2D eigenvalue weighted by Crippen LogP contribution is 2.43. The van der Waals surface area contributed by atoms with Crippen molar-refractivity contribution in [3.63, 3.8) is 0 Å². The summed E-state index contributed by atoms with van der Waals surface area (Å²) in [5.74, 6) is 0. The standard InChI is InChI=1S/C17H19N3O3S/c1-16(2,22)17(3)14-10(4-5-23-17)11-6-12(9-7-18-19-8-9)24-13(11)15(21)20-14/h6-8,22H,4-5H2,1-3H3,(H,18,19)(H,20,21)/t17-/m0/s1. The summed E-state index contributed by atoms with van der Waals surface area (Å²) in [4.78, 5) is 16.6. The topological polar surface area (TPSA) is 91.0 Å². The number of aliphatic hydroxyl groups is 1. The number of aromatic nitrogens is 3. The number of rotatable bonds is 2. The van der Waals surface area contributed by atoms with Gasteiger partial charge in [-0.05, 0) is 38.8 Å². The van der Waals surface area contributed by atoms with Gasteiger partial charge >= 0.3 is 0 Å². The van der Waals surface area contributed by atoms with Gasteiger partial charge in [0, 0.05) is 22.0 Å². The minimum absolute atomic E-state index is 0.149. The van der Waals surface area contributed by atoms with E-state index in [0.717, 1.165) is 21.4 Å². The predicted octanol–water partition coefficient (Wildman–Crippen LogP) is 2.54. The lowest BCUT2D eigenvalue weighted by atomic mass is 9.79. The van der Waals surface area contributed by atoms with Crippen LogP contribution in [0.3, 0.4) is 0 Å². The van der Waals surface area contributed by atoms with E-state index >= 15 is 0 Å². The van der Waals surface area contributed by atoms with E-state index in [1.807, 2.05) is 19.2 Å². The highest BCUT2D eigenvalue weighted by Gasteiger charge is 2.47. The second kappa shape index (κ2) is 5.02. The van der Waals surface area contributed by atoms with Gasteiger partial charge in [0.1, 0.15) is 10.3 Å². The lowest BCUT2D eigenvalue weighted by molar-refractivity contribution is -0.172. The maximum Gasteiger partial charge on any atom is 0.266 e. The van der Waals surface area contributed by atoms with Crippen LogP contribution in [0.2, 0.25) is 0 Å². The molecule has 0 aliphatic carbocycles. The Labute approximate surface area is 142 Å². The highest BCUT2D eigenvalue weighted by atomic mass is 32.1. The predicted molar refractivity (Wildman–Crippen MR) is 93.3 cm³/mol. The van der Waals surface area contributed by atoms with E-state index < -0.39 is 11.2 Å². The van der Waals surface area contributed by atoms with Gasteiger partial charge in [-0.2, -0.15) is 5.10 Å². The zero-order valence-corrected chi connectivity index (χ0v) is 14.6. The third-order valence-electron chi connectivity index (χ3n) is 4.97. The van der Waals surface area contributed by atoms with Crippen LogP contribution >= 0.6 is 11.3 Å². The molecule has 0 fully saturated rings. The van der Waals surface area contributed by atoms with Crippen molar-refractivity contribution in [2.45, 2.75) is 38.4 Å². The minimum atomic E-state index is -1.12. The lowest BCUT2D eigenvalue weighted by Crippen LogP contribution is -2.51. The average Bonchev–Trinajstić information content (AvgIpc) is 3.16. The smallest absolute Gasteiger partial charge is 0.266 e. The van der Waals surface area contributed by atoms with Crippen LogP contribution in [-0.4, -0.2) is 32.5 Å². The molecule has 7 heteroatoms. The van der Waals surface area contributed by atoms with Crippen molar-refractivity contribution < 1.29 is 9.84 Å². The van der Waals surface area contributed by atoms with Crippen LogP contribution in [0, 0.1) is 0 Å². The fourth-order valence-corrected chi connectivity index (χ4v) is 4.33. The molecule has 0 unspecified atom stereocenters. The zero-order chi connectivity index (χ0) is 17.1. The molecule has 0 radical (unpaired) electrons. The summed E-state index contributed by atoms with van der Waals surface area (Å²) < 4.78 is 6.61. The quantitative estimate of drug-likeness (QED) is 0.666. The van der Waals surface area contributed by atoms with E-state index in [9.17, 15) is 9.90 Å². The Balaban J connectivity index is 2.01. The van der Waals surface area contributed by atoms with Gasteiger partial charge in [0.15, 0.2) is 0 Å². The largest absolute Gasteiger partial charge is 0.387 e. The number of H-pyrrole nitrogens is 2. The second-order valence-electron chi connectivity index (χ2n) is 6.84. The van der Waals surface area contributed by atoms with Gasteiger partial charge in [0.25, 0.3) is 5.56 Å². The first-order valence-corrected chi connectivity index (χ1v) is 8.67. The maximum atomic E-state index is 12.6. The molecule has 1 aliphatic rings. The number of aromatic amines is 2. The molecule has 24 heavy (non-hydrogen) atoms. The van der Waals surface area contributed by atoms with Crippen LogP contribution in [0.4, 0.5) is 0 Å². The molecule has 0 saturated heterocycles. The highest BCUT2D eigenvalue weighted by molar-refractivity contribution is 7.22. The second-order valence-corrected chi connectivity index (χ2v) is 7.89. The molecule has 3 N–H and O–H groups in total. The van der Waals surface area contributed by atoms with Crippen LogP contribution < -0.4 is 5.56 Å². The van der Waals surface area contributed by atoms with Crippen LogP contribution in [0.1, 0.15) is 32.0 Å². The van der Waals surface area contributed by atoms with E-state index in [4.69, 9.17) is 4.74 Å². The number of nitrogens with zero attached hydrogens (tertiary/aromatic N) is 1. The molecule has 1 atom stereocenters. The van der Waals surface area contributed by atoms with Crippen molar-refractivity contribution in [3.05, 3.63) is 40.1 Å². The first-order chi connectivity index (χ1) is 11.3. The number of pyridine rings is 1. The maximum absolute atomic E-state index is 12.6. The van der Waals surface area contributed by atoms with Gasteiger partial charge in [-0.25, -0.2) is 0 Å². The SMILES string of the molecule is CC(C)(O)[C@@]1(C)OCCc2c1[nH]c(=O)c1sc(-c3cn[nH]c3)cc21. The van der Waals surface area contributed by atoms with Crippen molar-refractivity contribution >= 4 is 21.4 Å². The summed E-state index contributed by atoms with van der Waals surface area (Å²) in [7, 11) is 0. The Bertz CT molecular complexity index is 966. The molecule has 4 heterocycles. The first-order valence-electron chi connectivity index (χ1n) is 7.86. The van der Waals surface area contributed by atoms with Crippen LogP contribution in [-0.2, 0) is 16.8 Å². The van der Waals surface area contributed by atoms with Crippen molar-refractivity contribution in [3.8, 4) is 10.4 Å². The summed E-state index contributed by atoms with van der Waals surface area (Å²) in [5.41, 5.74) is 0.460. The summed E-state index contributed by atoms with van der Waals surface area (Å²) >= 11 is 1.46. The number of nitrogens with one attached hydrogen (secondary N) is 2. The number of ether oxygens (including phenoxy) is 1. The fraction of sp³-hybridized carbons (Fsp3) is 0.412. The molecule has 6 nitrogen and oxygen atoms in total. The first kappa shape index (κ1) is 15.6. The van der Waals surface area contributed by atoms with E-state index in [-0.39, 0.29) is 5.56 Å². The molecular formula is C17H19N3O3S. The Morgan fingerprint density at radius 1 is 1.46 bits per heavy atom. The van der Waals surface area contributed by atoms with Crippen molar-refractivity contribution in [1.29, 1.82) is 0 Å². The molecule has 4 rings (SSSR count). The van der Waals surface area contributed by atoms with Gasteiger partial charge in [0.2, 0.25) is 0 Å². The summed E-state index contributed by atoms with van der Waals surface area (Å²) in [5, 5.41) is 18.3. The molecule has 0 aromatic carbocycles. The third kappa shape index (κ3) is 2.08. The molecule has 0 bridgehead atoms. The molecular weight excluding hydrogens is 326 g/mol. The molecule has 3 aromatic heterocycles. The van der Waals surface area contributed by atoms with E-state index in [1.165, 1.54) is 11.3 Å². The Morgan fingerprint density at radius 3 is 2.92 bits per heavy atom. The number of hydrogen-bond acceptors (Lipinski definition) is 5. The van der Waals surface area contributed by atoms with E-state index in [2.05, 4.69) is 15.2 Å². The van der Waals surface area contributed by atoms with Crippen molar-refractivity contribution in [2.24, 2.45) is 0 Å². The number of fused-ring (bicyclic) bond motifs is 3. The minimum Gasteiger partial charge on any atom is -0.387 e. The van der Waals surface area contributed by atoms with Gasteiger partial charge < -0.3 is 14.8 Å². The molecule has 0 amide bonds. The summed E-state index contributed by atoms with van der Waals surface area (Å²) in [6, 6.07) is 2.04. The van der Waals surface area contributed by atoms with Gasteiger partial charge in [0.05, 0.1) is 24.1 Å². The number of hydrogen-bond donors (Lipinski definition) is 3. The van der Waals surface area contributed by atoms with Crippen LogP contribution in [0.25, 0.3) is 20.5 Å². The van der Waals surface area contributed by atoms with Crippen LogP contribution in [0.15, 0.2) is 23.3 Å². The monoisotopic (exact) mass is 345 g/mol. The Hall–Kier alpha value is -1.96. The van der Waals surface area contributed by atoms with Crippen molar-refractivity contribution in [1.82, 2.24) is 15.2 Å². The van der Waals surface area contributed by atoms with Gasteiger partial charge in [-0.15, -0.1) is 11.3 Å². The normalized spacial score (nSPS) is 21.2. The van der Waals surface area contributed by atoms with Gasteiger partial charge in [-0.3, -0.25) is 9.89 Å². The lowest BCUT2D eigenvalue weighted by Gasteiger charge is -2.43. The summed E-state index contributed by atoms with van der Waals surface area (Å²) in [6.45, 7) is 5.74. The van der Waals surface area contributed by atoms with Crippen molar-refractivity contribution in [2.75, 3.05) is 6.61 Å². The third-order valence-corrected chi connectivity index (χ3v) is 6.16.